The molecule has 0 N–H and O–H groups in total. The number of hydrogen-bond acceptors (Lipinski definition) is 4. The molecule has 4 aliphatic carbocycles. The predicted molar refractivity (Wildman–Crippen MR) is 229 cm³/mol. The molecular formula is C52H68O4. The van der Waals surface area contributed by atoms with Gasteiger partial charge in [-0.3, -0.25) is 0 Å². The standard InChI is InChI=1S/C52H68O4/c1-7-31-53-43-29-30-50(5)42(35-43)36-47(54-32-8-2)49-45-28-27-44(51(45,6)48(37-46(49)50)55-33-9-3)38(4)20-19-34-56-52(39-21-13-10-14-22-39,40-23-15-11-16-24-40)41-25-17-12-18-26-41/h7-18,21-26,38,42-49H,1-3,19-20,27-37H2,4-6H3/t38-,42+,43+,44-,45+,46+,47-,48+,49+,50+,51-/m1/s1. The summed E-state index contributed by atoms with van der Waals surface area (Å²) in [5.41, 5.74) is 3.11. The van der Waals surface area contributed by atoms with Crippen molar-refractivity contribution in [1.82, 2.24) is 0 Å². The summed E-state index contributed by atoms with van der Waals surface area (Å²) in [4.78, 5) is 0. The lowest BCUT2D eigenvalue weighted by Crippen LogP contribution is -2.63. The summed E-state index contributed by atoms with van der Waals surface area (Å²) in [5, 5.41) is 0. The average molecular weight is 757 g/mol. The van der Waals surface area contributed by atoms with Crippen LogP contribution in [0.2, 0.25) is 0 Å². The van der Waals surface area contributed by atoms with E-state index in [1.54, 1.807) is 0 Å². The fraction of sp³-hybridized carbons (Fsp3) is 0.538. The van der Waals surface area contributed by atoms with Gasteiger partial charge in [0.2, 0.25) is 0 Å². The molecular weight excluding hydrogens is 689 g/mol. The fourth-order valence-electron chi connectivity index (χ4n) is 12.8. The van der Waals surface area contributed by atoms with Crippen molar-refractivity contribution in [1.29, 1.82) is 0 Å². The number of rotatable bonds is 18. The minimum atomic E-state index is -0.689. The van der Waals surface area contributed by atoms with E-state index in [0.717, 1.165) is 55.2 Å². The van der Waals surface area contributed by atoms with Crippen LogP contribution in [0, 0.1) is 46.3 Å². The Hall–Kier alpha value is -3.28. The van der Waals surface area contributed by atoms with Crippen molar-refractivity contribution >= 4 is 0 Å². The van der Waals surface area contributed by atoms with E-state index < -0.39 is 5.60 Å². The van der Waals surface area contributed by atoms with Crippen LogP contribution in [-0.2, 0) is 24.5 Å². The highest BCUT2D eigenvalue weighted by molar-refractivity contribution is 5.47. The summed E-state index contributed by atoms with van der Waals surface area (Å²) >= 11 is 0. The zero-order valence-corrected chi connectivity index (χ0v) is 34.5. The highest BCUT2D eigenvalue weighted by Crippen LogP contribution is 2.69. The van der Waals surface area contributed by atoms with Gasteiger partial charge in [-0.2, -0.15) is 0 Å². The van der Waals surface area contributed by atoms with Gasteiger partial charge >= 0.3 is 0 Å². The molecule has 300 valence electrons. The Kier molecular flexibility index (Phi) is 13.2. The number of fused-ring (bicyclic) bond motifs is 5. The van der Waals surface area contributed by atoms with Crippen LogP contribution in [0.25, 0.3) is 0 Å². The molecule has 0 bridgehead atoms. The van der Waals surface area contributed by atoms with Gasteiger partial charge in [-0.1, -0.05) is 130 Å². The first-order valence-corrected chi connectivity index (χ1v) is 21.8. The van der Waals surface area contributed by atoms with Crippen molar-refractivity contribution in [3.63, 3.8) is 0 Å². The summed E-state index contributed by atoms with van der Waals surface area (Å²) in [7, 11) is 0. The van der Waals surface area contributed by atoms with Crippen molar-refractivity contribution in [2.24, 2.45) is 46.3 Å². The third kappa shape index (κ3) is 7.69. The van der Waals surface area contributed by atoms with Gasteiger partial charge in [0.1, 0.15) is 5.60 Å². The van der Waals surface area contributed by atoms with E-state index in [1.165, 1.54) is 19.3 Å². The highest BCUT2D eigenvalue weighted by Gasteiger charge is 2.66. The van der Waals surface area contributed by atoms with Gasteiger partial charge in [0.05, 0.1) is 38.1 Å². The molecule has 0 aromatic heterocycles. The van der Waals surface area contributed by atoms with Gasteiger partial charge in [0, 0.05) is 12.0 Å². The second-order valence-electron chi connectivity index (χ2n) is 18.1. The van der Waals surface area contributed by atoms with Gasteiger partial charge in [-0.05, 0) is 115 Å². The number of hydrogen-bond donors (Lipinski definition) is 0. The van der Waals surface area contributed by atoms with Crippen molar-refractivity contribution in [3.8, 4) is 0 Å². The van der Waals surface area contributed by atoms with E-state index in [1.807, 2.05) is 18.2 Å². The summed E-state index contributed by atoms with van der Waals surface area (Å²) in [5.74, 6) is 3.34. The first kappa shape index (κ1) is 40.9. The Morgan fingerprint density at radius 1 is 0.696 bits per heavy atom. The predicted octanol–water partition coefficient (Wildman–Crippen LogP) is 12.0. The minimum Gasteiger partial charge on any atom is -0.374 e. The molecule has 0 aliphatic heterocycles. The van der Waals surface area contributed by atoms with Gasteiger partial charge in [-0.25, -0.2) is 0 Å². The molecule has 4 heteroatoms. The van der Waals surface area contributed by atoms with Gasteiger partial charge in [0.25, 0.3) is 0 Å². The van der Waals surface area contributed by atoms with Crippen molar-refractivity contribution in [2.45, 2.75) is 102 Å². The molecule has 4 nitrogen and oxygen atoms in total. The second kappa shape index (κ2) is 18.1. The van der Waals surface area contributed by atoms with Gasteiger partial charge < -0.3 is 18.9 Å². The SMILES string of the molecule is C=CCO[C@H]1CC[C@@]2(C)[C@@H](C1)C[C@@H](OCC=C)[C@@H]1[C@@H]2C[C@H](OCC=C)[C@]2(C)[C@@H]([C@H](C)CCCOC(c3ccccc3)(c3ccccc3)c3ccccc3)CC[C@@H]12. The lowest BCUT2D eigenvalue weighted by molar-refractivity contribution is -0.224. The van der Waals surface area contributed by atoms with E-state index in [2.05, 4.69) is 132 Å². The molecule has 0 saturated heterocycles. The summed E-state index contributed by atoms with van der Waals surface area (Å²) in [6, 6.07) is 32.3. The normalized spacial score (nSPS) is 33.1. The Bertz CT molecular complexity index is 1610. The van der Waals surface area contributed by atoms with Crippen LogP contribution >= 0.6 is 0 Å². The van der Waals surface area contributed by atoms with E-state index in [4.69, 9.17) is 18.9 Å². The van der Waals surface area contributed by atoms with E-state index in [9.17, 15) is 0 Å². The van der Waals surface area contributed by atoms with Crippen molar-refractivity contribution < 1.29 is 18.9 Å². The number of benzene rings is 3. The van der Waals surface area contributed by atoms with Crippen LogP contribution < -0.4 is 0 Å². The smallest absolute Gasteiger partial charge is 0.143 e. The Balaban J connectivity index is 1.12. The first-order valence-electron chi connectivity index (χ1n) is 21.8. The molecule has 0 radical (unpaired) electrons. The lowest BCUT2D eigenvalue weighted by atomic mass is 9.43. The van der Waals surface area contributed by atoms with Crippen LogP contribution in [0.1, 0.15) is 95.2 Å². The molecule has 4 aliphatic rings. The topological polar surface area (TPSA) is 36.9 Å². The minimum absolute atomic E-state index is 0.0651. The molecule has 0 heterocycles. The maximum Gasteiger partial charge on any atom is 0.143 e. The third-order valence-electron chi connectivity index (χ3n) is 15.4. The van der Waals surface area contributed by atoms with E-state index in [0.29, 0.717) is 68.0 Å². The van der Waals surface area contributed by atoms with Gasteiger partial charge in [-0.15, -0.1) is 19.7 Å². The van der Waals surface area contributed by atoms with Crippen molar-refractivity contribution in [2.75, 3.05) is 26.4 Å². The van der Waals surface area contributed by atoms with E-state index in [-0.39, 0.29) is 23.0 Å². The molecule has 11 atom stereocenters. The quantitative estimate of drug-likeness (QED) is 0.0736. The summed E-state index contributed by atoms with van der Waals surface area (Å²) < 4.78 is 27.4. The fourth-order valence-corrected chi connectivity index (χ4v) is 12.8. The van der Waals surface area contributed by atoms with Crippen LogP contribution in [0.5, 0.6) is 0 Å². The molecule has 56 heavy (non-hydrogen) atoms. The monoisotopic (exact) mass is 757 g/mol. The molecule has 0 amide bonds. The highest BCUT2D eigenvalue weighted by atomic mass is 16.5. The third-order valence-corrected chi connectivity index (χ3v) is 15.4. The molecule has 0 spiro atoms. The molecule has 0 unspecified atom stereocenters. The largest absolute Gasteiger partial charge is 0.374 e. The first-order chi connectivity index (χ1) is 27.3. The van der Waals surface area contributed by atoms with Crippen molar-refractivity contribution in [3.05, 3.63) is 146 Å². The summed E-state index contributed by atoms with van der Waals surface area (Å²) in [6.45, 7) is 22.3. The Labute approximate surface area is 338 Å². The lowest BCUT2D eigenvalue weighted by Gasteiger charge is -2.64. The van der Waals surface area contributed by atoms with Crippen LogP contribution in [0.4, 0.5) is 0 Å². The maximum atomic E-state index is 7.25. The molecule has 4 fully saturated rings. The van der Waals surface area contributed by atoms with E-state index >= 15 is 0 Å². The molecule has 7 rings (SSSR count). The molecule has 3 aromatic carbocycles. The van der Waals surface area contributed by atoms with Crippen LogP contribution in [0.3, 0.4) is 0 Å². The summed E-state index contributed by atoms with van der Waals surface area (Å²) in [6.07, 6.45) is 16.8. The van der Waals surface area contributed by atoms with Crippen LogP contribution in [0.15, 0.2) is 129 Å². The molecule has 4 saturated carbocycles. The second-order valence-corrected chi connectivity index (χ2v) is 18.1. The Morgan fingerprint density at radius 2 is 1.27 bits per heavy atom. The molecule has 3 aromatic rings. The van der Waals surface area contributed by atoms with Gasteiger partial charge in [0.15, 0.2) is 0 Å². The Morgan fingerprint density at radius 3 is 1.86 bits per heavy atom. The zero-order valence-electron chi connectivity index (χ0n) is 34.5. The number of ether oxygens (including phenoxy) is 4. The zero-order chi connectivity index (χ0) is 39.2. The maximum absolute atomic E-state index is 7.25. The average Bonchev–Trinajstić information content (AvgIpc) is 3.60. The van der Waals surface area contributed by atoms with Crippen LogP contribution in [-0.4, -0.2) is 44.7 Å².